The zero-order valence-electron chi connectivity index (χ0n) is 16.5. The van der Waals surface area contributed by atoms with Gasteiger partial charge in [0.15, 0.2) is 0 Å². The van der Waals surface area contributed by atoms with Gasteiger partial charge in [-0.1, -0.05) is 36.4 Å². The summed E-state index contributed by atoms with van der Waals surface area (Å²) in [6, 6.07) is 19.3. The molecule has 0 saturated carbocycles. The predicted octanol–water partition coefficient (Wildman–Crippen LogP) is 5.06. The number of likely N-dealkylation sites (tertiary alicyclic amines) is 1. The Morgan fingerprint density at radius 1 is 1.00 bits per heavy atom. The molecule has 1 amide bonds. The van der Waals surface area contributed by atoms with E-state index in [0.29, 0.717) is 12.3 Å². The van der Waals surface area contributed by atoms with Crippen molar-refractivity contribution in [1.29, 1.82) is 0 Å². The van der Waals surface area contributed by atoms with Crippen molar-refractivity contribution in [2.75, 3.05) is 13.2 Å². The van der Waals surface area contributed by atoms with Crippen molar-refractivity contribution < 1.29 is 9.53 Å². The highest BCUT2D eigenvalue weighted by Gasteiger charge is 2.29. The normalized spacial score (nSPS) is 15.5. The number of hydrogen-bond acceptors (Lipinski definition) is 4. The summed E-state index contributed by atoms with van der Waals surface area (Å²) in [7, 11) is 0. The molecule has 158 valence electrons. The number of aromatic nitrogens is 2. The van der Waals surface area contributed by atoms with Crippen LogP contribution in [0.4, 0.5) is 0 Å². The lowest BCUT2D eigenvalue weighted by Crippen LogP contribution is -2.47. The first-order valence-electron chi connectivity index (χ1n) is 9.67. The number of halogens is 2. The highest BCUT2D eigenvalue weighted by molar-refractivity contribution is 5.93. The molecule has 1 aliphatic rings. The molecule has 1 aliphatic heterocycles. The van der Waals surface area contributed by atoms with Crippen LogP contribution in [0.3, 0.4) is 0 Å². The molecule has 30 heavy (non-hydrogen) atoms. The van der Waals surface area contributed by atoms with Crippen LogP contribution in [0, 0.1) is 0 Å². The lowest BCUT2D eigenvalue weighted by Gasteiger charge is -2.35. The minimum absolute atomic E-state index is 0. The van der Waals surface area contributed by atoms with Gasteiger partial charge in [-0.05, 0) is 43.5 Å². The Kier molecular flexibility index (Phi) is 9.09. The van der Waals surface area contributed by atoms with Crippen molar-refractivity contribution in [1.82, 2.24) is 14.9 Å². The van der Waals surface area contributed by atoms with E-state index in [0.717, 1.165) is 42.8 Å². The Morgan fingerprint density at radius 3 is 2.60 bits per heavy atom. The molecule has 4 rings (SSSR count). The van der Waals surface area contributed by atoms with Crippen molar-refractivity contribution >= 4 is 30.7 Å². The van der Waals surface area contributed by atoms with E-state index in [1.165, 1.54) is 0 Å². The second kappa shape index (κ2) is 11.5. The third-order valence-electron chi connectivity index (χ3n) is 5.00. The van der Waals surface area contributed by atoms with Gasteiger partial charge in [0.25, 0.3) is 5.91 Å². The van der Waals surface area contributed by atoms with Gasteiger partial charge in [0, 0.05) is 18.3 Å². The van der Waals surface area contributed by atoms with Gasteiger partial charge in [-0.3, -0.25) is 9.78 Å². The summed E-state index contributed by atoms with van der Waals surface area (Å²) in [5.74, 6) is 0.696. The van der Waals surface area contributed by atoms with Crippen LogP contribution in [0.5, 0.6) is 5.75 Å². The second-order valence-electron chi connectivity index (χ2n) is 6.92. The topological polar surface area (TPSA) is 55.3 Å². The fourth-order valence-corrected chi connectivity index (χ4v) is 3.54. The van der Waals surface area contributed by atoms with E-state index >= 15 is 0 Å². The van der Waals surface area contributed by atoms with Gasteiger partial charge in [-0.15, -0.1) is 24.8 Å². The Balaban J connectivity index is 0.00000160. The van der Waals surface area contributed by atoms with Crippen molar-refractivity contribution in [2.24, 2.45) is 0 Å². The molecule has 1 unspecified atom stereocenters. The number of rotatable bonds is 5. The average Bonchev–Trinajstić information content (AvgIpc) is 2.79. The van der Waals surface area contributed by atoms with Crippen molar-refractivity contribution in [3.63, 3.8) is 0 Å². The molecule has 1 fully saturated rings. The van der Waals surface area contributed by atoms with Crippen LogP contribution in [0.15, 0.2) is 73.1 Å². The predicted molar refractivity (Wildman–Crippen MR) is 123 cm³/mol. The molecule has 3 aromatic rings. The molecule has 0 bridgehead atoms. The summed E-state index contributed by atoms with van der Waals surface area (Å²) < 4.78 is 5.88. The molecular weight excluding hydrogens is 421 g/mol. The van der Waals surface area contributed by atoms with E-state index in [2.05, 4.69) is 9.97 Å². The molecule has 0 radical (unpaired) electrons. The average molecular weight is 446 g/mol. The van der Waals surface area contributed by atoms with Gasteiger partial charge in [0.2, 0.25) is 0 Å². The molecule has 1 atom stereocenters. The number of ether oxygens (including phenoxy) is 1. The monoisotopic (exact) mass is 445 g/mol. The Labute approximate surface area is 189 Å². The van der Waals surface area contributed by atoms with Crippen LogP contribution < -0.4 is 4.74 Å². The van der Waals surface area contributed by atoms with E-state index in [1.54, 1.807) is 18.5 Å². The molecule has 1 aromatic carbocycles. The summed E-state index contributed by atoms with van der Waals surface area (Å²) in [6.45, 7) is 1.20. The summed E-state index contributed by atoms with van der Waals surface area (Å²) in [5.41, 5.74) is 2.30. The smallest absolute Gasteiger partial charge is 0.272 e. The summed E-state index contributed by atoms with van der Waals surface area (Å²) in [5, 5.41) is 0. The lowest BCUT2D eigenvalue weighted by atomic mass is 10.0. The minimum Gasteiger partial charge on any atom is -0.490 e. The van der Waals surface area contributed by atoms with E-state index < -0.39 is 0 Å². The van der Waals surface area contributed by atoms with Crippen LogP contribution >= 0.6 is 24.8 Å². The van der Waals surface area contributed by atoms with Gasteiger partial charge < -0.3 is 9.64 Å². The largest absolute Gasteiger partial charge is 0.490 e. The number of nitrogens with zero attached hydrogens (tertiary/aromatic N) is 3. The molecule has 7 heteroatoms. The van der Waals surface area contributed by atoms with Crippen LogP contribution in [-0.2, 0) is 0 Å². The minimum atomic E-state index is -0.0303. The Morgan fingerprint density at radius 2 is 1.83 bits per heavy atom. The number of benzene rings is 1. The maximum atomic E-state index is 13.2. The van der Waals surface area contributed by atoms with E-state index in [4.69, 9.17) is 4.74 Å². The Bertz CT molecular complexity index is 926. The number of carbonyl (C=O) groups is 1. The summed E-state index contributed by atoms with van der Waals surface area (Å²) >= 11 is 0. The number of amides is 1. The maximum absolute atomic E-state index is 13.2. The molecule has 0 spiro atoms. The number of hydrogen-bond donors (Lipinski definition) is 0. The Hall–Kier alpha value is -2.63. The van der Waals surface area contributed by atoms with Crippen molar-refractivity contribution in [2.45, 2.75) is 25.3 Å². The van der Waals surface area contributed by atoms with Gasteiger partial charge in [0.1, 0.15) is 18.1 Å². The quantitative estimate of drug-likeness (QED) is 0.550. The van der Waals surface area contributed by atoms with Crippen molar-refractivity contribution in [3.05, 3.63) is 78.8 Å². The highest BCUT2D eigenvalue weighted by Crippen LogP contribution is 2.22. The van der Waals surface area contributed by atoms with E-state index in [9.17, 15) is 4.79 Å². The maximum Gasteiger partial charge on any atom is 0.272 e. The molecule has 0 N–H and O–H groups in total. The van der Waals surface area contributed by atoms with Crippen molar-refractivity contribution in [3.8, 4) is 17.0 Å². The first-order chi connectivity index (χ1) is 13.8. The van der Waals surface area contributed by atoms with Gasteiger partial charge in [0.05, 0.1) is 17.9 Å². The van der Waals surface area contributed by atoms with Gasteiger partial charge in [-0.25, -0.2) is 4.98 Å². The SMILES string of the molecule is Cl.Cl.O=C(c1cccc(-c2ccccc2)n1)N1CCCCC1COc1cccnc1. The zero-order chi connectivity index (χ0) is 19.2. The van der Waals surface area contributed by atoms with Crippen LogP contribution in [0.2, 0.25) is 0 Å². The van der Waals surface area contributed by atoms with Crippen LogP contribution in [0.25, 0.3) is 11.3 Å². The van der Waals surface area contributed by atoms with E-state index in [1.807, 2.05) is 59.5 Å². The molecule has 0 aliphatic carbocycles. The first kappa shape index (κ1) is 23.6. The molecule has 5 nitrogen and oxygen atoms in total. The third kappa shape index (κ3) is 5.71. The van der Waals surface area contributed by atoms with Crippen LogP contribution in [0.1, 0.15) is 29.8 Å². The van der Waals surface area contributed by atoms with Gasteiger partial charge in [-0.2, -0.15) is 0 Å². The highest BCUT2D eigenvalue weighted by atomic mass is 35.5. The molecule has 3 heterocycles. The number of piperidine rings is 1. The molecule has 1 saturated heterocycles. The van der Waals surface area contributed by atoms with Crippen LogP contribution in [-0.4, -0.2) is 40.0 Å². The number of pyridine rings is 2. The lowest BCUT2D eigenvalue weighted by molar-refractivity contribution is 0.0522. The molecular formula is C23H25Cl2N3O2. The fourth-order valence-electron chi connectivity index (χ4n) is 3.54. The standard InChI is InChI=1S/C23H23N3O2.2ClH/c27-23(22-13-6-12-21(25-22)18-8-2-1-3-9-18)26-15-5-4-10-19(26)17-28-20-11-7-14-24-16-20;;/h1-3,6-9,11-14,16,19H,4-5,10,15,17H2;2*1H. The van der Waals surface area contributed by atoms with E-state index in [-0.39, 0.29) is 36.8 Å². The summed E-state index contributed by atoms with van der Waals surface area (Å²) in [6.07, 6.45) is 6.45. The van der Waals surface area contributed by atoms with Gasteiger partial charge >= 0.3 is 0 Å². The third-order valence-corrected chi connectivity index (χ3v) is 5.00. The summed E-state index contributed by atoms with van der Waals surface area (Å²) in [4.78, 5) is 23.8. The second-order valence-corrected chi connectivity index (χ2v) is 6.92. The zero-order valence-corrected chi connectivity index (χ0v) is 18.1. The fraction of sp³-hybridized carbons (Fsp3) is 0.261. The molecule has 2 aromatic heterocycles. The first-order valence-corrected chi connectivity index (χ1v) is 9.67. The number of carbonyl (C=O) groups excluding carboxylic acids is 1.